The van der Waals surface area contributed by atoms with Crippen molar-refractivity contribution in [3.63, 3.8) is 0 Å². The van der Waals surface area contributed by atoms with E-state index >= 15 is 0 Å². The van der Waals surface area contributed by atoms with Gasteiger partial charge in [0, 0.05) is 29.3 Å². The van der Waals surface area contributed by atoms with E-state index in [1.54, 1.807) is 24.6 Å². The number of hydrogen-bond acceptors (Lipinski definition) is 3. The Morgan fingerprint density at radius 3 is 3.14 bits per heavy atom. The Morgan fingerprint density at radius 2 is 2.21 bits per heavy atom. The molecule has 3 nitrogen and oxygen atoms in total. The molecule has 0 saturated carbocycles. The fourth-order valence-electron chi connectivity index (χ4n) is 1.68. The molecule has 0 aromatic carbocycles. The molecule has 2 aliphatic rings. The van der Waals surface area contributed by atoms with Crippen LogP contribution in [0.3, 0.4) is 0 Å². The first-order valence-electron chi connectivity index (χ1n) is 4.32. The van der Waals surface area contributed by atoms with Gasteiger partial charge in [0.2, 0.25) is 0 Å². The maximum atomic E-state index is 11.6. The van der Waals surface area contributed by atoms with Crippen molar-refractivity contribution in [3.05, 3.63) is 40.5 Å². The highest BCUT2D eigenvalue weighted by molar-refractivity contribution is 6.27. The zero-order chi connectivity index (χ0) is 9.54. The monoisotopic (exact) mass is 182 g/mol. The average Bonchev–Trinajstić information content (AvgIpc) is 2.67. The SMILES string of the molecule is O=C1C=c2ncccc2=C2N=CC=C12. The van der Waals surface area contributed by atoms with Crippen LogP contribution in [0.1, 0.15) is 0 Å². The minimum atomic E-state index is -0.0105. The molecule has 1 aliphatic heterocycles. The molecule has 0 bridgehead atoms. The van der Waals surface area contributed by atoms with E-state index in [-0.39, 0.29) is 5.78 Å². The summed E-state index contributed by atoms with van der Waals surface area (Å²) in [5.74, 6) is -0.0105. The van der Waals surface area contributed by atoms with Crippen LogP contribution in [0, 0.1) is 0 Å². The average molecular weight is 182 g/mol. The van der Waals surface area contributed by atoms with Crippen molar-refractivity contribution in [2.24, 2.45) is 4.99 Å². The van der Waals surface area contributed by atoms with E-state index < -0.39 is 0 Å². The predicted molar refractivity (Wildman–Crippen MR) is 52.9 cm³/mol. The van der Waals surface area contributed by atoms with Crippen molar-refractivity contribution < 1.29 is 4.79 Å². The van der Waals surface area contributed by atoms with Crippen LogP contribution >= 0.6 is 0 Å². The topological polar surface area (TPSA) is 42.3 Å². The molecule has 0 spiro atoms. The Morgan fingerprint density at radius 1 is 1.29 bits per heavy atom. The number of allylic oxidation sites excluding steroid dienone is 1. The number of pyridine rings is 1. The van der Waals surface area contributed by atoms with Crippen LogP contribution in [-0.4, -0.2) is 17.0 Å². The van der Waals surface area contributed by atoms with Crippen LogP contribution in [0.5, 0.6) is 0 Å². The molecule has 0 atom stereocenters. The number of aromatic nitrogens is 1. The summed E-state index contributed by atoms with van der Waals surface area (Å²) in [6, 6.07) is 3.78. The Hall–Kier alpha value is -2.03. The number of Topliss-reactive ketones (excluding diaryl/α,β-unsaturated/α-hetero) is 1. The summed E-state index contributed by atoms with van der Waals surface area (Å²) in [5, 5.41) is 1.65. The van der Waals surface area contributed by atoms with Crippen molar-refractivity contribution in [1.82, 2.24) is 4.98 Å². The summed E-state index contributed by atoms with van der Waals surface area (Å²) in [6.45, 7) is 0. The molecule has 1 aromatic rings. The van der Waals surface area contributed by atoms with Gasteiger partial charge in [-0.3, -0.25) is 14.8 Å². The minimum Gasteiger partial charge on any atom is -0.289 e. The normalized spacial score (nSPS) is 17.3. The summed E-state index contributed by atoms with van der Waals surface area (Å²) in [5.41, 5.74) is 1.42. The highest BCUT2D eigenvalue weighted by Crippen LogP contribution is 2.18. The smallest absolute Gasteiger partial charge is 0.190 e. The van der Waals surface area contributed by atoms with E-state index in [0.29, 0.717) is 10.9 Å². The predicted octanol–water partition coefficient (Wildman–Crippen LogP) is -0.436. The summed E-state index contributed by atoms with van der Waals surface area (Å²) in [7, 11) is 0. The zero-order valence-corrected chi connectivity index (χ0v) is 7.27. The number of rotatable bonds is 0. The van der Waals surface area contributed by atoms with Crippen LogP contribution in [0.25, 0.3) is 11.8 Å². The largest absolute Gasteiger partial charge is 0.289 e. The highest BCUT2D eigenvalue weighted by Gasteiger charge is 2.19. The molecule has 1 aliphatic carbocycles. The van der Waals surface area contributed by atoms with Gasteiger partial charge >= 0.3 is 0 Å². The van der Waals surface area contributed by atoms with Crippen molar-refractivity contribution in [1.29, 1.82) is 0 Å². The van der Waals surface area contributed by atoms with E-state index in [2.05, 4.69) is 9.98 Å². The third-order valence-electron chi connectivity index (χ3n) is 2.33. The van der Waals surface area contributed by atoms with Crippen molar-refractivity contribution >= 4 is 23.8 Å². The molecular formula is C11H6N2O. The molecule has 0 N–H and O–H groups in total. The zero-order valence-electron chi connectivity index (χ0n) is 7.27. The van der Waals surface area contributed by atoms with Gasteiger partial charge in [-0.2, -0.15) is 0 Å². The molecule has 0 amide bonds. The highest BCUT2D eigenvalue weighted by atomic mass is 16.1. The summed E-state index contributed by atoms with van der Waals surface area (Å²) >= 11 is 0. The molecule has 14 heavy (non-hydrogen) atoms. The Balaban J connectivity index is 2.57. The maximum absolute atomic E-state index is 11.6. The number of fused-ring (bicyclic) bond motifs is 2. The fourth-order valence-corrected chi connectivity index (χ4v) is 1.68. The number of carbonyl (C=O) groups excluding carboxylic acids is 1. The Bertz CT molecular complexity index is 608. The van der Waals surface area contributed by atoms with Gasteiger partial charge in [-0.05, 0) is 18.2 Å². The number of hydrogen-bond donors (Lipinski definition) is 0. The number of aliphatic imine (C=N–C) groups is 1. The molecule has 2 heterocycles. The Labute approximate surface area is 79.8 Å². The number of ketones is 1. The van der Waals surface area contributed by atoms with E-state index in [4.69, 9.17) is 0 Å². The second-order valence-electron chi connectivity index (χ2n) is 3.15. The lowest BCUT2D eigenvalue weighted by Crippen LogP contribution is -2.34. The summed E-state index contributed by atoms with van der Waals surface area (Å²) in [6.07, 6.45) is 6.62. The van der Waals surface area contributed by atoms with Crippen molar-refractivity contribution in [3.8, 4) is 0 Å². The standard InChI is InChI=1S/C11H6N2O/c14-10-6-9-7(2-1-4-12-9)11-8(10)3-5-13-11/h1-6H. The van der Waals surface area contributed by atoms with Crippen molar-refractivity contribution in [2.45, 2.75) is 0 Å². The first-order chi connectivity index (χ1) is 6.86. The Kier molecular flexibility index (Phi) is 1.31. The second kappa shape index (κ2) is 2.48. The summed E-state index contributed by atoms with van der Waals surface area (Å²) in [4.78, 5) is 19.9. The third-order valence-corrected chi connectivity index (χ3v) is 2.33. The van der Waals surface area contributed by atoms with Crippen LogP contribution in [-0.2, 0) is 4.79 Å². The maximum Gasteiger partial charge on any atom is 0.190 e. The third kappa shape index (κ3) is 0.836. The summed E-state index contributed by atoms with van der Waals surface area (Å²) < 4.78 is 0. The van der Waals surface area contributed by atoms with Crippen LogP contribution in [0.15, 0.2) is 35.0 Å². The van der Waals surface area contributed by atoms with Gasteiger partial charge in [-0.1, -0.05) is 0 Å². The second-order valence-corrected chi connectivity index (χ2v) is 3.15. The van der Waals surface area contributed by atoms with Gasteiger partial charge in [0.05, 0.1) is 11.0 Å². The fraction of sp³-hybridized carbons (Fsp3) is 0. The van der Waals surface area contributed by atoms with E-state index in [0.717, 1.165) is 10.9 Å². The van der Waals surface area contributed by atoms with Crippen LogP contribution < -0.4 is 10.6 Å². The lowest BCUT2D eigenvalue weighted by molar-refractivity contribution is -0.109. The molecule has 0 saturated heterocycles. The lowest BCUT2D eigenvalue weighted by atomic mass is 10.0. The van der Waals surface area contributed by atoms with Crippen molar-refractivity contribution in [2.75, 3.05) is 0 Å². The van der Waals surface area contributed by atoms with Gasteiger partial charge < -0.3 is 0 Å². The van der Waals surface area contributed by atoms with E-state index in [1.165, 1.54) is 0 Å². The van der Waals surface area contributed by atoms with E-state index in [9.17, 15) is 4.79 Å². The molecule has 3 rings (SSSR count). The van der Waals surface area contributed by atoms with Gasteiger partial charge in [-0.15, -0.1) is 0 Å². The molecule has 3 heteroatoms. The van der Waals surface area contributed by atoms with E-state index in [1.807, 2.05) is 12.1 Å². The molecule has 66 valence electrons. The number of nitrogens with zero attached hydrogens (tertiary/aromatic N) is 2. The number of carbonyl (C=O) groups is 1. The minimum absolute atomic E-state index is 0.0105. The quantitative estimate of drug-likeness (QED) is 0.546. The molecule has 0 radical (unpaired) electrons. The van der Waals surface area contributed by atoms with Crippen LogP contribution in [0.4, 0.5) is 0 Å². The van der Waals surface area contributed by atoms with Crippen LogP contribution in [0.2, 0.25) is 0 Å². The lowest BCUT2D eigenvalue weighted by Gasteiger charge is -2.04. The first-order valence-corrected chi connectivity index (χ1v) is 4.32. The van der Waals surface area contributed by atoms with Gasteiger partial charge in [0.15, 0.2) is 5.78 Å². The van der Waals surface area contributed by atoms with Gasteiger partial charge in [-0.25, -0.2) is 0 Å². The molecular weight excluding hydrogens is 176 g/mol. The first kappa shape index (κ1) is 7.38. The molecule has 1 aromatic heterocycles. The molecule has 0 unspecified atom stereocenters. The van der Waals surface area contributed by atoms with Gasteiger partial charge in [0.25, 0.3) is 0 Å². The molecule has 0 fully saturated rings. The van der Waals surface area contributed by atoms with Gasteiger partial charge in [0.1, 0.15) is 0 Å².